The first-order valence-corrected chi connectivity index (χ1v) is 6.41. The molecule has 0 atom stereocenters. The molecule has 2 rings (SSSR count). The van der Waals surface area contributed by atoms with E-state index in [4.69, 9.17) is 5.11 Å². The normalized spacial score (nSPS) is 10.4. The SMILES string of the molecule is CC(=O)NCCNc1ncc2scc(C(=O)O)c2n1. The highest BCUT2D eigenvalue weighted by molar-refractivity contribution is 7.17. The minimum Gasteiger partial charge on any atom is -0.478 e. The molecular formula is C11H12N4O3S. The van der Waals surface area contributed by atoms with Gasteiger partial charge in [0.2, 0.25) is 11.9 Å². The zero-order valence-corrected chi connectivity index (χ0v) is 11.0. The summed E-state index contributed by atoms with van der Waals surface area (Å²) in [6, 6.07) is 0. The molecule has 2 aromatic rings. The van der Waals surface area contributed by atoms with Crippen molar-refractivity contribution in [2.24, 2.45) is 0 Å². The molecule has 0 aliphatic heterocycles. The lowest BCUT2D eigenvalue weighted by molar-refractivity contribution is -0.118. The lowest BCUT2D eigenvalue weighted by Gasteiger charge is -2.05. The second kappa shape index (κ2) is 5.61. The van der Waals surface area contributed by atoms with Gasteiger partial charge >= 0.3 is 5.97 Å². The Balaban J connectivity index is 2.10. The molecule has 0 saturated carbocycles. The summed E-state index contributed by atoms with van der Waals surface area (Å²) >= 11 is 1.29. The fourth-order valence-corrected chi connectivity index (χ4v) is 2.32. The van der Waals surface area contributed by atoms with Crippen molar-refractivity contribution in [1.82, 2.24) is 15.3 Å². The number of rotatable bonds is 5. The summed E-state index contributed by atoms with van der Waals surface area (Å²) in [6.07, 6.45) is 1.58. The Morgan fingerprint density at radius 2 is 2.21 bits per heavy atom. The van der Waals surface area contributed by atoms with Crippen LogP contribution < -0.4 is 10.6 Å². The van der Waals surface area contributed by atoms with Gasteiger partial charge in [0, 0.05) is 25.4 Å². The summed E-state index contributed by atoms with van der Waals surface area (Å²) in [7, 11) is 0. The van der Waals surface area contributed by atoms with Gasteiger partial charge in [0.1, 0.15) is 5.52 Å². The Labute approximate surface area is 112 Å². The van der Waals surface area contributed by atoms with Crippen LogP contribution in [0.2, 0.25) is 0 Å². The Kier molecular flexibility index (Phi) is 3.91. The summed E-state index contributed by atoms with van der Waals surface area (Å²) in [6.45, 7) is 2.36. The number of amides is 1. The third-order valence-electron chi connectivity index (χ3n) is 2.33. The number of carboxylic acids is 1. The van der Waals surface area contributed by atoms with Crippen LogP contribution in [-0.2, 0) is 4.79 Å². The maximum absolute atomic E-state index is 11.0. The number of fused-ring (bicyclic) bond motifs is 1. The molecule has 19 heavy (non-hydrogen) atoms. The van der Waals surface area contributed by atoms with Crippen molar-refractivity contribution in [1.29, 1.82) is 0 Å². The third-order valence-corrected chi connectivity index (χ3v) is 3.23. The van der Waals surface area contributed by atoms with Gasteiger partial charge < -0.3 is 15.7 Å². The Morgan fingerprint density at radius 1 is 1.42 bits per heavy atom. The zero-order chi connectivity index (χ0) is 13.8. The molecule has 2 heterocycles. The predicted octanol–water partition coefficient (Wildman–Crippen LogP) is 0.937. The maximum atomic E-state index is 11.0. The van der Waals surface area contributed by atoms with E-state index in [2.05, 4.69) is 20.6 Å². The molecule has 0 aliphatic carbocycles. The van der Waals surface area contributed by atoms with Crippen LogP contribution in [0.15, 0.2) is 11.6 Å². The molecule has 0 bridgehead atoms. The Hall–Kier alpha value is -2.22. The van der Waals surface area contributed by atoms with Gasteiger partial charge in [-0.2, -0.15) is 0 Å². The second-order valence-corrected chi connectivity index (χ2v) is 4.68. The molecule has 0 aromatic carbocycles. The number of thiophene rings is 1. The Bertz CT molecular complexity index is 625. The number of nitrogens with one attached hydrogen (secondary N) is 2. The highest BCUT2D eigenvalue weighted by atomic mass is 32.1. The molecular weight excluding hydrogens is 268 g/mol. The first-order chi connectivity index (χ1) is 9.08. The smallest absolute Gasteiger partial charge is 0.338 e. The number of aromatic nitrogens is 2. The van der Waals surface area contributed by atoms with Gasteiger partial charge in [-0.05, 0) is 0 Å². The molecule has 0 saturated heterocycles. The number of aromatic carboxylic acids is 1. The number of nitrogens with zero attached hydrogens (tertiary/aromatic N) is 2. The van der Waals surface area contributed by atoms with Crippen molar-refractivity contribution >= 4 is 39.4 Å². The van der Waals surface area contributed by atoms with E-state index in [0.29, 0.717) is 24.6 Å². The Morgan fingerprint density at radius 3 is 2.89 bits per heavy atom. The molecule has 8 heteroatoms. The molecule has 2 aromatic heterocycles. The van der Waals surface area contributed by atoms with Gasteiger partial charge in [0.25, 0.3) is 0 Å². The van der Waals surface area contributed by atoms with Crippen molar-refractivity contribution in [2.75, 3.05) is 18.4 Å². The van der Waals surface area contributed by atoms with E-state index in [-0.39, 0.29) is 11.5 Å². The van der Waals surface area contributed by atoms with Crippen LogP contribution in [0.25, 0.3) is 10.2 Å². The molecule has 7 nitrogen and oxygen atoms in total. The summed E-state index contributed by atoms with van der Waals surface area (Å²) in [5.74, 6) is -0.767. The first-order valence-electron chi connectivity index (χ1n) is 5.54. The zero-order valence-electron chi connectivity index (χ0n) is 10.1. The van der Waals surface area contributed by atoms with Crippen LogP contribution in [-0.4, -0.2) is 40.0 Å². The first kappa shape index (κ1) is 13.2. The van der Waals surface area contributed by atoms with Crippen molar-refractivity contribution in [2.45, 2.75) is 6.92 Å². The lowest BCUT2D eigenvalue weighted by atomic mass is 10.3. The van der Waals surface area contributed by atoms with E-state index in [1.165, 1.54) is 18.3 Å². The maximum Gasteiger partial charge on any atom is 0.338 e. The fraction of sp³-hybridized carbons (Fsp3) is 0.273. The van der Waals surface area contributed by atoms with Crippen LogP contribution in [0.4, 0.5) is 5.95 Å². The fourth-order valence-electron chi connectivity index (χ4n) is 1.48. The van der Waals surface area contributed by atoms with Gasteiger partial charge in [-0.1, -0.05) is 0 Å². The molecule has 3 N–H and O–H groups in total. The van der Waals surface area contributed by atoms with Gasteiger partial charge in [0.05, 0.1) is 16.5 Å². The largest absolute Gasteiger partial charge is 0.478 e. The summed E-state index contributed by atoms with van der Waals surface area (Å²) in [5.41, 5.74) is 0.599. The average Bonchev–Trinajstić information content (AvgIpc) is 2.77. The van der Waals surface area contributed by atoms with E-state index in [9.17, 15) is 9.59 Å². The minimum atomic E-state index is -1.01. The molecule has 0 unspecified atom stereocenters. The minimum absolute atomic E-state index is 0.107. The molecule has 100 valence electrons. The molecule has 0 spiro atoms. The molecule has 1 amide bonds. The topological polar surface area (TPSA) is 104 Å². The summed E-state index contributed by atoms with van der Waals surface area (Å²) in [4.78, 5) is 29.9. The van der Waals surface area contributed by atoms with E-state index >= 15 is 0 Å². The van der Waals surface area contributed by atoms with Gasteiger partial charge in [-0.15, -0.1) is 11.3 Å². The summed E-state index contributed by atoms with van der Waals surface area (Å²) < 4.78 is 0.727. The monoisotopic (exact) mass is 280 g/mol. The van der Waals surface area contributed by atoms with E-state index in [1.807, 2.05) is 0 Å². The number of hydrogen-bond acceptors (Lipinski definition) is 6. The molecule has 0 aliphatic rings. The number of carbonyl (C=O) groups excluding carboxylic acids is 1. The quantitative estimate of drug-likeness (QED) is 0.704. The van der Waals surface area contributed by atoms with E-state index < -0.39 is 5.97 Å². The van der Waals surface area contributed by atoms with Crippen LogP contribution >= 0.6 is 11.3 Å². The van der Waals surface area contributed by atoms with Crippen molar-refractivity contribution in [3.05, 3.63) is 17.1 Å². The van der Waals surface area contributed by atoms with Gasteiger partial charge in [0.15, 0.2) is 0 Å². The van der Waals surface area contributed by atoms with Gasteiger partial charge in [-0.25, -0.2) is 14.8 Å². The van der Waals surface area contributed by atoms with Crippen LogP contribution in [0.1, 0.15) is 17.3 Å². The van der Waals surface area contributed by atoms with E-state index in [0.717, 1.165) is 4.70 Å². The highest BCUT2D eigenvalue weighted by Gasteiger charge is 2.13. The highest BCUT2D eigenvalue weighted by Crippen LogP contribution is 2.24. The number of carbonyl (C=O) groups is 2. The van der Waals surface area contributed by atoms with Crippen LogP contribution in [0.3, 0.4) is 0 Å². The third kappa shape index (κ3) is 3.16. The van der Waals surface area contributed by atoms with Crippen molar-refractivity contribution in [3.8, 4) is 0 Å². The summed E-state index contributed by atoms with van der Waals surface area (Å²) in [5, 5.41) is 16.1. The number of hydrogen-bond donors (Lipinski definition) is 3. The predicted molar refractivity (Wildman–Crippen MR) is 71.5 cm³/mol. The molecule has 0 fully saturated rings. The average molecular weight is 280 g/mol. The standard InChI is InChI=1S/C11H12N4O3S/c1-6(16)12-2-3-13-11-14-4-8-9(15-11)7(5-19-8)10(17)18/h4-5H,2-3H2,1H3,(H,12,16)(H,17,18)(H,13,14,15). The van der Waals surface area contributed by atoms with E-state index in [1.54, 1.807) is 11.6 Å². The van der Waals surface area contributed by atoms with Gasteiger partial charge in [-0.3, -0.25) is 4.79 Å². The van der Waals surface area contributed by atoms with Crippen molar-refractivity contribution in [3.63, 3.8) is 0 Å². The molecule has 0 radical (unpaired) electrons. The lowest BCUT2D eigenvalue weighted by Crippen LogP contribution is -2.26. The van der Waals surface area contributed by atoms with Crippen LogP contribution in [0, 0.1) is 0 Å². The van der Waals surface area contributed by atoms with Crippen molar-refractivity contribution < 1.29 is 14.7 Å². The number of anilines is 1. The second-order valence-electron chi connectivity index (χ2n) is 3.77. The van der Waals surface area contributed by atoms with Crippen LogP contribution in [0.5, 0.6) is 0 Å². The number of carboxylic acid groups (broad SMARTS) is 1.